The molecular weight excluding hydrogens is 617 g/mol. The molecule has 0 saturated carbocycles. The lowest BCUT2D eigenvalue weighted by Crippen LogP contribution is -2.30. The third-order valence-electron chi connectivity index (χ3n) is 9.55. The number of benzene rings is 5. The summed E-state index contributed by atoms with van der Waals surface area (Å²) >= 11 is 0. The van der Waals surface area contributed by atoms with Crippen LogP contribution in [0.25, 0.3) is 38.8 Å². The number of ether oxygens (including phenoxy) is 1. The molecule has 2 aromatic heterocycles. The zero-order chi connectivity index (χ0) is 34.5. The fraction of sp³-hybridized carbons (Fsp3) is 0.205. The average molecular weight is 659 g/mol. The molecule has 6 nitrogen and oxygen atoms in total. The van der Waals surface area contributed by atoms with E-state index in [4.69, 9.17) is 14.7 Å². The molecule has 0 radical (unpaired) electrons. The highest BCUT2D eigenvalue weighted by Gasteiger charge is 2.30. The first kappa shape index (κ1) is 31.7. The van der Waals surface area contributed by atoms with Gasteiger partial charge in [-0.15, -0.1) is 4.94 Å². The summed E-state index contributed by atoms with van der Waals surface area (Å²) in [6.07, 6.45) is 1.94. The summed E-state index contributed by atoms with van der Waals surface area (Å²) in [5.74, 6) is 3.13. The van der Waals surface area contributed by atoms with Crippen LogP contribution in [0, 0.1) is 0 Å². The fourth-order valence-electron chi connectivity index (χ4n) is 7.21. The Bertz CT molecular complexity index is 2330. The molecule has 0 amide bonds. The SMILES string of the molecule is CC(C)c1cccc(C(C)C)c1-c1ccnc(-n2c3ccccc3c3ccc(Oc4cccc(N5ON(C(C)C)c6ccccc65)c4)cc32)c1. The number of para-hydroxylation sites is 3. The maximum absolute atomic E-state index is 6.58. The smallest absolute Gasteiger partial charge is 0.138 e. The minimum absolute atomic E-state index is 0.177. The van der Waals surface area contributed by atoms with Crippen LogP contribution >= 0.6 is 0 Å². The maximum atomic E-state index is 6.58. The van der Waals surface area contributed by atoms with E-state index in [0.717, 1.165) is 50.8 Å². The zero-order valence-corrected chi connectivity index (χ0v) is 29.5. The molecule has 1 aliphatic rings. The molecule has 5 aromatic carbocycles. The molecule has 0 unspecified atom stereocenters. The highest BCUT2D eigenvalue weighted by atomic mass is 16.8. The zero-order valence-electron chi connectivity index (χ0n) is 29.5. The Kier molecular flexibility index (Phi) is 8.04. The van der Waals surface area contributed by atoms with Crippen molar-refractivity contribution in [2.75, 3.05) is 10.1 Å². The molecule has 8 rings (SSSR count). The molecule has 7 aromatic rings. The summed E-state index contributed by atoms with van der Waals surface area (Å²) in [6, 6.07) is 42.4. The molecule has 0 aliphatic carbocycles. The van der Waals surface area contributed by atoms with Gasteiger partial charge in [0.15, 0.2) is 0 Å². The van der Waals surface area contributed by atoms with Crippen LogP contribution in [0.5, 0.6) is 11.5 Å². The van der Waals surface area contributed by atoms with Crippen LogP contribution in [-0.2, 0) is 4.94 Å². The van der Waals surface area contributed by atoms with E-state index in [0.29, 0.717) is 11.8 Å². The molecule has 0 bridgehead atoms. The van der Waals surface area contributed by atoms with Gasteiger partial charge in [-0.3, -0.25) is 4.57 Å². The van der Waals surface area contributed by atoms with Gasteiger partial charge < -0.3 is 4.74 Å². The van der Waals surface area contributed by atoms with Crippen LogP contribution in [0.1, 0.15) is 64.5 Å². The van der Waals surface area contributed by atoms with Gasteiger partial charge in [-0.25, -0.2) is 10.0 Å². The van der Waals surface area contributed by atoms with Gasteiger partial charge in [0.1, 0.15) is 17.3 Å². The van der Waals surface area contributed by atoms with Gasteiger partial charge >= 0.3 is 0 Å². The van der Waals surface area contributed by atoms with E-state index in [1.54, 1.807) is 0 Å². The van der Waals surface area contributed by atoms with Gasteiger partial charge in [0.05, 0.1) is 34.1 Å². The molecule has 50 heavy (non-hydrogen) atoms. The van der Waals surface area contributed by atoms with Crippen LogP contribution in [0.15, 0.2) is 128 Å². The van der Waals surface area contributed by atoms with E-state index in [1.807, 2.05) is 58.8 Å². The van der Waals surface area contributed by atoms with Crippen LogP contribution < -0.4 is 14.9 Å². The highest BCUT2D eigenvalue weighted by molar-refractivity contribution is 6.09. The number of fused-ring (bicyclic) bond motifs is 4. The molecule has 250 valence electrons. The number of hydrogen-bond donors (Lipinski definition) is 0. The largest absolute Gasteiger partial charge is 0.457 e. The van der Waals surface area contributed by atoms with Crippen molar-refractivity contribution in [1.82, 2.24) is 9.55 Å². The number of anilines is 3. The minimum atomic E-state index is 0.177. The Morgan fingerprint density at radius 1 is 0.600 bits per heavy atom. The summed E-state index contributed by atoms with van der Waals surface area (Å²) in [6.45, 7) is 13.3. The van der Waals surface area contributed by atoms with Gasteiger partial charge in [0.2, 0.25) is 0 Å². The van der Waals surface area contributed by atoms with Crippen molar-refractivity contribution >= 4 is 38.9 Å². The van der Waals surface area contributed by atoms with Gasteiger partial charge in [0.25, 0.3) is 0 Å². The average Bonchev–Trinajstić information content (AvgIpc) is 3.68. The van der Waals surface area contributed by atoms with Crippen molar-refractivity contribution in [3.8, 4) is 28.4 Å². The molecule has 3 heterocycles. The maximum Gasteiger partial charge on any atom is 0.138 e. The summed E-state index contributed by atoms with van der Waals surface area (Å²) < 4.78 is 8.85. The van der Waals surface area contributed by atoms with Crippen molar-refractivity contribution in [2.45, 2.75) is 59.4 Å². The van der Waals surface area contributed by atoms with Gasteiger partial charge in [-0.2, -0.15) is 5.06 Å². The molecule has 0 atom stereocenters. The van der Waals surface area contributed by atoms with E-state index in [2.05, 4.69) is 125 Å². The monoisotopic (exact) mass is 658 g/mol. The van der Waals surface area contributed by atoms with Gasteiger partial charge in [-0.1, -0.05) is 82.3 Å². The Morgan fingerprint density at radius 3 is 2.04 bits per heavy atom. The molecule has 1 aliphatic heterocycles. The highest BCUT2D eigenvalue weighted by Crippen LogP contribution is 2.44. The van der Waals surface area contributed by atoms with E-state index in [1.165, 1.54) is 27.6 Å². The number of aromatic nitrogens is 2. The van der Waals surface area contributed by atoms with E-state index in [9.17, 15) is 0 Å². The van der Waals surface area contributed by atoms with Crippen LogP contribution in [0.3, 0.4) is 0 Å². The predicted octanol–water partition coefficient (Wildman–Crippen LogP) is 12.1. The number of hydroxylamine groups is 1. The number of hydrogen-bond acceptors (Lipinski definition) is 5. The first-order chi connectivity index (χ1) is 24.3. The number of rotatable bonds is 8. The van der Waals surface area contributed by atoms with Gasteiger partial charge in [0, 0.05) is 29.1 Å². The second kappa shape index (κ2) is 12.7. The normalized spacial score (nSPS) is 13.0. The Labute approximate surface area is 294 Å². The van der Waals surface area contributed by atoms with Crippen molar-refractivity contribution in [2.24, 2.45) is 0 Å². The van der Waals surface area contributed by atoms with Gasteiger partial charge in [-0.05, 0) is 103 Å². The topological polar surface area (TPSA) is 42.8 Å². The molecule has 0 N–H and O–H groups in total. The van der Waals surface area contributed by atoms with E-state index < -0.39 is 0 Å². The van der Waals surface area contributed by atoms with Crippen LogP contribution in [0.4, 0.5) is 17.1 Å². The third-order valence-corrected chi connectivity index (χ3v) is 9.55. The van der Waals surface area contributed by atoms with Crippen LogP contribution in [0.2, 0.25) is 0 Å². The quantitative estimate of drug-likeness (QED) is 0.163. The lowest BCUT2D eigenvalue weighted by Gasteiger charge is -2.23. The summed E-state index contributed by atoms with van der Waals surface area (Å²) in [4.78, 5) is 11.3. The summed E-state index contributed by atoms with van der Waals surface area (Å²) in [7, 11) is 0. The van der Waals surface area contributed by atoms with Crippen molar-refractivity contribution in [1.29, 1.82) is 0 Å². The Morgan fingerprint density at radius 2 is 1.28 bits per heavy atom. The molecule has 0 fully saturated rings. The van der Waals surface area contributed by atoms with E-state index in [-0.39, 0.29) is 6.04 Å². The minimum Gasteiger partial charge on any atom is -0.457 e. The molecule has 0 saturated heterocycles. The standard InChI is InChI=1S/C44H42N4O2/c1-28(2)35-16-12-17-36(29(3)4)44(35)31-23-24-45-43(25-31)46-39-18-8-7-15-37(39)38-22-21-34(27-42(38)46)49-33-14-11-13-32(26-33)48-41-20-10-9-19-40(41)47(50-48)30(5)6/h7-30H,1-6H3. The van der Waals surface area contributed by atoms with E-state index >= 15 is 0 Å². The van der Waals surface area contributed by atoms with Crippen LogP contribution in [-0.4, -0.2) is 15.6 Å². The second-order valence-corrected chi connectivity index (χ2v) is 13.9. The third kappa shape index (κ3) is 5.46. The molecular formula is C44H42N4O2. The lowest BCUT2D eigenvalue weighted by molar-refractivity contribution is 0.112. The molecule has 0 spiro atoms. The first-order valence-corrected chi connectivity index (χ1v) is 17.6. The molecule has 6 heteroatoms. The summed E-state index contributed by atoms with van der Waals surface area (Å²) in [5.41, 5.74) is 10.3. The lowest BCUT2D eigenvalue weighted by atomic mass is 9.85. The summed E-state index contributed by atoms with van der Waals surface area (Å²) in [5, 5.41) is 6.12. The van der Waals surface area contributed by atoms with Crippen molar-refractivity contribution < 1.29 is 9.68 Å². The number of nitrogens with zero attached hydrogens (tertiary/aromatic N) is 4. The fourth-order valence-corrected chi connectivity index (χ4v) is 7.21. The Hall–Kier alpha value is -5.59. The Balaban J connectivity index is 1.20. The van der Waals surface area contributed by atoms with Crippen molar-refractivity contribution in [3.63, 3.8) is 0 Å². The van der Waals surface area contributed by atoms with Crippen molar-refractivity contribution in [3.05, 3.63) is 139 Å². The predicted molar refractivity (Wildman–Crippen MR) is 206 cm³/mol. The second-order valence-electron chi connectivity index (χ2n) is 13.9. The first-order valence-electron chi connectivity index (χ1n) is 17.6. The number of pyridine rings is 1.